The molecule has 2 heterocycles. The van der Waals surface area contributed by atoms with Crippen LogP contribution in [0.4, 0.5) is 10.3 Å². The predicted molar refractivity (Wildman–Crippen MR) is 113 cm³/mol. The van der Waals surface area contributed by atoms with Crippen LogP contribution < -0.4 is 10.1 Å². The van der Waals surface area contributed by atoms with Crippen molar-refractivity contribution < 1.29 is 18.3 Å². The van der Waals surface area contributed by atoms with E-state index in [0.29, 0.717) is 23.1 Å². The van der Waals surface area contributed by atoms with Crippen molar-refractivity contribution in [3.63, 3.8) is 0 Å². The van der Waals surface area contributed by atoms with Crippen LogP contribution in [0.5, 0.6) is 5.75 Å². The summed E-state index contributed by atoms with van der Waals surface area (Å²) in [7, 11) is 0. The molecule has 9 heteroatoms. The Morgan fingerprint density at radius 3 is 2.90 bits per heavy atom. The Morgan fingerprint density at radius 1 is 1.23 bits per heavy atom. The van der Waals surface area contributed by atoms with Crippen molar-refractivity contribution in [1.82, 2.24) is 14.8 Å². The van der Waals surface area contributed by atoms with E-state index in [4.69, 9.17) is 20.8 Å². The Balaban J connectivity index is 1.34. The van der Waals surface area contributed by atoms with E-state index in [-0.39, 0.29) is 24.1 Å². The molecular weight excluding hydrogens is 423 g/mol. The Labute approximate surface area is 182 Å². The number of anilines is 1. The largest absolute Gasteiger partial charge is 0.485 e. The van der Waals surface area contributed by atoms with Gasteiger partial charge in [0.25, 0.3) is 5.91 Å². The van der Waals surface area contributed by atoms with Crippen molar-refractivity contribution in [1.29, 1.82) is 0 Å². The first kappa shape index (κ1) is 20.6. The standard InChI is InChI=1S/C22H18ClFN4O3/c1-14-9-16(23)5-7-19(14)30-12-18-6-8-20(31-18)21(29)26-22-25-13-28(27-22)11-15-3-2-4-17(24)10-15/h2-10,13H,11-12H2,1H3,(H,26,27,29). The van der Waals surface area contributed by atoms with Crippen molar-refractivity contribution in [2.75, 3.05) is 5.32 Å². The van der Waals surface area contributed by atoms with Gasteiger partial charge in [0, 0.05) is 5.02 Å². The summed E-state index contributed by atoms with van der Waals surface area (Å²) in [5.74, 6) is 0.580. The minimum atomic E-state index is -0.488. The molecule has 0 unspecified atom stereocenters. The number of hydrogen-bond acceptors (Lipinski definition) is 5. The first-order valence-corrected chi connectivity index (χ1v) is 9.77. The van der Waals surface area contributed by atoms with Crippen molar-refractivity contribution in [3.8, 4) is 5.75 Å². The Hall–Kier alpha value is -3.65. The lowest BCUT2D eigenvalue weighted by Gasteiger charge is -2.07. The molecule has 0 spiro atoms. The van der Waals surface area contributed by atoms with Gasteiger partial charge < -0.3 is 9.15 Å². The third kappa shape index (κ3) is 5.29. The molecule has 4 rings (SSSR count). The summed E-state index contributed by atoms with van der Waals surface area (Å²) in [6, 6.07) is 14.7. The molecule has 0 aliphatic rings. The zero-order valence-corrected chi connectivity index (χ0v) is 17.3. The number of carbonyl (C=O) groups excluding carboxylic acids is 1. The van der Waals surface area contributed by atoms with Gasteiger partial charge in [0.2, 0.25) is 5.95 Å². The highest BCUT2D eigenvalue weighted by Gasteiger charge is 2.14. The van der Waals surface area contributed by atoms with Gasteiger partial charge in [-0.1, -0.05) is 23.7 Å². The molecule has 0 atom stereocenters. The Bertz CT molecular complexity index is 1220. The van der Waals surface area contributed by atoms with Gasteiger partial charge in [-0.2, -0.15) is 0 Å². The average Bonchev–Trinajstić information content (AvgIpc) is 3.37. The summed E-state index contributed by atoms with van der Waals surface area (Å²) in [4.78, 5) is 16.5. The van der Waals surface area contributed by atoms with Gasteiger partial charge in [-0.3, -0.25) is 10.1 Å². The SMILES string of the molecule is Cc1cc(Cl)ccc1OCc1ccc(C(=O)Nc2ncn(Cc3cccc(F)c3)n2)o1. The molecule has 2 aromatic heterocycles. The highest BCUT2D eigenvalue weighted by Crippen LogP contribution is 2.23. The number of nitrogens with one attached hydrogen (secondary N) is 1. The molecule has 1 amide bonds. The maximum atomic E-state index is 13.3. The topological polar surface area (TPSA) is 82.2 Å². The van der Waals surface area contributed by atoms with Crippen LogP contribution >= 0.6 is 11.6 Å². The van der Waals surface area contributed by atoms with Crippen LogP contribution in [0.3, 0.4) is 0 Å². The number of amides is 1. The number of ether oxygens (including phenoxy) is 1. The van der Waals surface area contributed by atoms with E-state index in [2.05, 4.69) is 15.4 Å². The molecule has 0 saturated carbocycles. The van der Waals surface area contributed by atoms with Crippen LogP contribution in [0.1, 0.15) is 27.4 Å². The van der Waals surface area contributed by atoms with E-state index in [9.17, 15) is 9.18 Å². The summed E-state index contributed by atoms with van der Waals surface area (Å²) in [6.07, 6.45) is 1.45. The fraction of sp³-hybridized carbons (Fsp3) is 0.136. The number of carbonyl (C=O) groups is 1. The van der Waals surface area contributed by atoms with E-state index < -0.39 is 5.91 Å². The lowest BCUT2D eigenvalue weighted by molar-refractivity contribution is 0.0991. The molecule has 0 fully saturated rings. The first-order chi connectivity index (χ1) is 15.0. The van der Waals surface area contributed by atoms with Gasteiger partial charge in [-0.05, 0) is 60.5 Å². The minimum absolute atomic E-state index is 0.105. The molecular formula is C22H18ClFN4O3. The number of hydrogen-bond donors (Lipinski definition) is 1. The summed E-state index contributed by atoms with van der Waals surface area (Å²) >= 11 is 5.94. The maximum Gasteiger partial charge on any atom is 0.293 e. The summed E-state index contributed by atoms with van der Waals surface area (Å²) in [6.45, 7) is 2.38. The first-order valence-electron chi connectivity index (χ1n) is 9.39. The zero-order chi connectivity index (χ0) is 21.8. The van der Waals surface area contributed by atoms with Crippen LogP contribution in [-0.4, -0.2) is 20.7 Å². The molecule has 2 aromatic carbocycles. The van der Waals surface area contributed by atoms with Gasteiger partial charge >= 0.3 is 0 Å². The van der Waals surface area contributed by atoms with Crippen LogP contribution in [0.2, 0.25) is 5.02 Å². The number of benzene rings is 2. The van der Waals surface area contributed by atoms with Crippen molar-refractivity contribution in [2.45, 2.75) is 20.1 Å². The molecule has 7 nitrogen and oxygen atoms in total. The second-order valence-corrected chi connectivity index (χ2v) is 7.25. The van der Waals surface area contributed by atoms with Crippen molar-refractivity contribution in [3.05, 3.63) is 94.4 Å². The van der Waals surface area contributed by atoms with Crippen molar-refractivity contribution >= 4 is 23.5 Å². The highest BCUT2D eigenvalue weighted by atomic mass is 35.5. The monoisotopic (exact) mass is 440 g/mol. The zero-order valence-electron chi connectivity index (χ0n) is 16.5. The lowest BCUT2D eigenvalue weighted by Crippen LogP contribution is -2.12. The molecule has 0 saturated heterocycles. The van der Waals surface area contributed by atoms with Crippen LogP contribution in [0.15, 0.2) is 65.3 Å². The van der Waals surface area contributed by atoms with E-state index in [1.807, 2.05) is 6.92 Å². The molecule has 31 heavy (non-hydrogen) atoms. The number of aryl methyl sites for hydroxylation is 1. The second-order valence-electron chi connectivity index (χ2n) is 6.81. The van der Waals surface area contributed by atoms with E-state index in [0.717, 1.165) is 11.1 Å². The third-order valence-electron chi connectivity index (χ3n) is 4.39. The van der Waals surface area contributed by atoms with E-state index >= 15 is 0 Å². The highest BCUT2D eigenvalue weighted by molar-refractivity contribution is 6.30. The van der Waals surface area contributed by atoms with Gasteiger partial charge in [0.15, 0.2) is 5.76 Å². The molecule has 0 aliphatic carbocycles. The number of aromatic nitrogens is 3. The number of furan rings is 1. The van der Waals surface area contributed by atoms with Gasteiger partial charge in [0.05, 0.1) is 6.54 Å². The van der Waals surface area contributed by atoms with Gasteiger partial charge in [0.1, 0.15) is 30.3 Å². The fourth-order valence-electron chi connectivity index (χ4n) is 2.91. The van der Waals surface area contributed by atoms with Crippen LogP contribution in [0.25, 0.3) is 0 Å². The third-order valence-corrected chi connectivity index (χ3v) is 4.62. The molecule has 4 aromatic rings. The minimum Gasteiger partial charge on any atom is -0.485 e. The number of halogens is 2. The Morgan fingerprint density at radius 2 is 2.10 bits per heavy atom. The predicted octanol–water partition coefficient (Wildman–Crippen LogP) is 4.85. The molecule has 1 N–H and O–H groups in total. The summed E-state index contributed by atoms with van der Waals surface area (Å²) < 4.78 is 26.1. The fourth-order valence-corrected chi connectivity index (χ4v) is 3.14. The smallest absolute Gasteiger partial charge is 0.293 e. The second kappa shape index (κ2) is 9.01. The van der Waals surface area contributed by atoms with Crippen LogP contribution in [-0.2, 0) is 13.2 Å². The summed E-state index contributed by atoms with van der Waals surface area (Å²) in [5.41, 5.74) is 1.63. The van der Waals surface area contributed by atoms with Gasteiger partial charge in [-0.15, -0.1) is 5.10 Å². The quantitative estimate of drug-likeness (QED) is 0.444. The maximum absolute atomic E-state index is 13.3. The summed E-state index contributed by atoms with van der Waals surface area (Å²) in [5, 5.41) is 7.38. The molecule has 0 aliphatic heterocycles. The van der Waals surface area contributed by atoms with Crippen molar-refractivity contribution in [2.24, 2.45) is 0 Å². The van der Waals surface area contributed by atoms with E-state index in [1.54, 1.807) is 42.5 Å². The normalized spacial score (nSPS) is 10.8. The van der Waals surface area contributed by atoms with Crippen LogP contribution in [0, 0.1) is 12.7 Å². The molecule has 0 radical (unpaired) electrons. The van der Waals surface area contributed by atoms with Gasteiger partial charge in [-0.25, -0.2) is 14.1 Å². The number of rotatable bonds is 7. The molecule has 158 valence electrons. The Kier molecular flexibility index (Phi) is 5.99. The molecule has 0 bridgehead atoms. The lowest BCUT2D eigenvalue weighted by atomic mass is 10.2. The number of nitrogens with zero attached hydrogens (tertiary/aromatic N) is 3. The average molecular weight is 441 g/mol. The van der Waals surface area contributed by atoms with E-state index in [1.165, 1.54) is 23.1 Å².